The fourth-order valence-electron chi connectivity index (χ4n) is 5.47. The van der Waals surface area contributed by atoms with Gasteiger partial charge in [-0.1, -0.05) is 30.3 Å². The Kier molecular flexibility index (Phi) is 23.3. The molecule has 0 fully saturated rings. The number of primary amides is 2. The zero-order valence-electron chi connectivity index (χ0n) is 33.9. The van der Waals surface area contributed by atoms with Crippen molar-refractivity contribution < 1.29 is 63.0 Å². The Morgan fingerprint density at radius 2 is 1.00 bits per heavy atom. The van der Waals surface area contributed by atoms with Gasteiger partial charge in [0.1, 0.15) is 42.3 Å². The Morgan fingerprint density at radius 3 is 1.49 bits per heavy atom. The van der Waals surface area contributed by atoms with Crippen LogP contribution in [-0.4, -0.2) is 131 Å². The summed E-state index contributed by atoms with van der Waals surface area (Å²) in [5, 5.41) is 35.2. The Hall–Kier alpha value is -6.69. The molecule has 0 aliphatic heterocycles. The van der Waals surface area contributed by atoms with Crippen molar-refractivity contribution >= 4 is 65.1 Å². The van der Waals surface area contributed by atoms with Crippen molar-refractivity contribution in [3.63, 3.8) is 0 Å². The second-order valence-corrected chi connectivity index (χ2v) is 13.9. The minimum absolute atomic E-state index is 0.0110. The lowest BCUT2D eigenvalue weighted by molar-refractivity contribution is -0.142. The van der Waals surface area contributed by atoms with Crippen LogP contribution in [0.2, 0.25) is 0 Å². The molecule has 0 saturated carbocycles. The zero-order chi connectivity index (χ0) is 46.2. The van der Waals surface area contributed by atoms with Crippen LogP contribution in [0.15, 0.2) is 30.3 Å². The number of unbranched alkanes of at least 4 members (excludes halogenated alkanes) is 1. The van der Waals surface area contributed by atoms with Crippen LogP contribution in [0, 0.1) is 0 Å². The Balaban J connectivity index is 3.28. The molecule has 0 aliphatic carbocycles. The molecule has 1 aromatic rings. The molecule has 9 amide bonds. The number of carbonyl (C=O) groups is 11. The summed E-state index contributed by atoms with van der Waals surface area (Å²) in [5.41, 5.74) is 22.1. The first kappa shape index (κ1) is 52.3. The van der Waals surface area contributed by atoms with Crippen molar-refractivity contribution in [2.24, 2.45) is 22.9 Å². The Labute approximate surface area is 350 Å². The molecule has 0 heterocycles. The lowest BCUT2D eigenvalue weighted by Gasteiger charge is -2.27. The van der Waals surface area contributed by atoms with E-state index in [1.807, 2.05) is 0 Å². The van der Waals surface area contributed by atoms with E-state index < -0.39 is 146 Å². The fourth-order valence-corrected chi connectivity index (χ4v) is 5.47. The maximum absolute atomic E-state index is 13.6. The standard InChI is InChI=1S/C37H57N11O13/c1-19(42-29(51)18-39)31(54)44-22(10-6-7-15-38)34(57)45-23(11-13-27(40)49)35(58)47-25(17-28(41)50)36(59)46-24(12-14-30(52)53)33(56)43-20(2)32(55)48-26(37(60)61)16-21-8-4-3-5-9-21/h3-5,8-9,19-20,22-26H,6-7,10-18,38-39H2,1-2H3,(H2,40,49)(H2,41,50)(H,42,51)(H,43,56)(H,44,54)(H,45,57)(H,46,59)(H,47,58)(H,48,55)(H,52,53)(H,60,61)/t19-,20-,22-,23-,24-,25-,26-/m0/s1. The number of aliphatic carboxylic acids is 2. The zero-order valence-corrected chi connectivity index (χ0v) is 33.9. The maximum atomic E-state index is 13.6. The number of carboxylic acid groups (broad SMARTS) is 2. The van der Waals surface area contributed by atoms with Crippen LogP contribution >= 0.6 is 0 Å². The first-order valence-electron chi connectivity index (χ1n) is 19.3. The van der Waals surface area contributed by atoms with Gasteiger partial charge in [-0.15, -0.1) is 0 Å². The van der Waals surface area contributed by atoms with Crippen molar-refractivity contribution in [3.05, 3.63) is 35.9 Å². The van der Waals surface area contributed by atoms with E-state index in [4.69, 9.17) is 22.9 Å². The minimum Gasteiger partial charge on any atom is -0.481 e. The van der Waals surface area contributed by atoms with E-state index in [1.54, 1.807) is 30.3 Å². The lowest BCUT2D eigenvalue weighted by atomic mass is 10.0. The predicted octanol–water partition coefficient (Wildman–Crippen LogP) is -5.16. The van der Waals surface area contributed by atoms with Gasteiger partial charge in [0.05, 0.1) is 13.0 Å². The third-order valence-electron chi connectivity index (χ3n) is 8.82. The largest absolute Gasteiger partial charge is 0.481 e. The van der Waals surface area contributed by atoms with Crippen molar-refractivity contribution in [2.75, 3.05) is 13.1 Å². The quantitative estimate of drug-likeness (QED) is 0.0335. The molecule has 0 saturated heterocycles. The second kappa shape index (κ2) is 27.1. The second-order valence-electron chi connectivity index (χ2n) is 13.9. The molecule has 17 N–H and O–H groups in total. The highest BCUT2D eigenvalue weighted by Crippen LogP contribution is 2.08. The molecular weight excluding hydrogens is 806 g/mol. The molecule has 0 radical (unpaired) electrons. The first-order chi connectivity index (χ1) is 28.7. The number of nitrogens with two attached hydrogens (primary N) is 4. The highest BCUT2D eigenvalue weighted by atomic mass is 16.4. The first-order valence-corrected chi connectivity index (χ1v) is 19.3. The normalized spacial score (nSPS) is 14.2. The summed E-state index contributed by atoms with van der Waals surface area (Å²) >= 11 is 0. The van der Waals surface area contributed by atoms with Crippen LogP contribution in [0.3, 0.4) is 0 Å². The number of nitrogens with one attached hydrogen (secondary N) is 7. The van der Waals surface area contributed by atoms with Crippen molar-refractivity contribution in [2.45, 2.75) is 114 Å². The number of rotatable bonds is 29. The fraction of sp³-hybridized carbons (Fsp3) is 0.541. The van der Waals surface area contributed by atoms with E-state index in [9.17, 15) is 63.0 Å². The third kappa shape index (κ3) is 20.7. The number of hydrogen-bond donors (Lipinski definition) is 13. The number of carbonyl (C=O) groups excluding carboxylic acids is 9. The van der Waals surface area contributed by atoms with Gasteiger partial charge in [0, 0.05) is 19.3 Å². The summed E-state index contributed by atoms with van der Waals surface area (Å²) in [6.45, 7) is 2.37. The number of hydrogen-bond acceptors (Lipinski definition) is 13. The molecule has 0 spiro atoms. The van der Waals surface area contributed by atoms with Crippen LogP contribution in [-0.2, 0) is 59.2 Å². The monoisotopic (exact) mass is 863 g/mol. The van der Waals surface area contributed by atoms with Gasteiger partial charge in [-0.05, 0) is 58.1 Å². The average molecular weight is 864 g/mol. The average Bonchev–Trinajstić information content (AvgIpc) is 3.19. The molecule has 0 bridgehead atoms. The highest BCUT2D eigenvalue weighted by molar-refractivity contribution is 5.98. The number of benzene rings is 1. The lowest BCUT2D eigenvalue weighted by Crippen LogP contribution is -2.60. The predicted molar refractivity (Wildman–Crippen MR) is 214 cm³/mol. The highest BCUT2D eigenvalue weighted by Gasteiger charge is 2.34. The molecule has 61 heavy (non-hydrogen) atoms. The van der Waals surface area contributed by atoms with Gasteiger partial charge >= 0.3 is 11.9 Å². The van der Waals surface area contributed by atoms with Gasteiger partial charge < -0.3 is 70.4 Å². The summed E-state index contributed by atoms with van der Waals surface area (Å²) in [6, 6.07) is -2.08. The minimum atomic E-state index is -1.86. The summed E-state index contributed by atoms with van der Waals surface area (Å²) < 4.78 is 0. The number of amides is 9. The molecule has 7 atom stereocenters. The van der Waals surface area contributed by atoms with E-state index in [0.717, 1.165) is 0 Å². The van der Waals surface area contributed by atoms with E-state index in [2.05, 4.69) is 37.2 Å². The SMILES string of the molecule is C[C@H](NC(=O)CN)C(=O)N[C@@H](CCCCN)C(=O)N[C@@H](CCC(N)=O)C(=O)N[C@@H](CC(N)=O)C(=O)N[C@@H](CCC(=O)O)C(=O)N[C@@H](C)C(=O)N[C@@H](Cc1ccccc1)C(=O)O. The maximum Gasteiger partial charge on any atom is 0.326 e. The molecular formula is C37H57N11O13. The Bertz CT molecular complexity index is 1730. The summed E-state index contributed by atoms with van der Waals surface area (Å²) in [7, 11) is 0. The molecule has 24 nitrogen and oxygen atoms in total. The van der Waals surface area contributed by atoms with Crippen LogP contribution in [0.4, 0.5) is 0 Å². The smallest absolute Gasteiger partial charge is 0.326 e. The van der Waals surface area contributed by atoms with Crippen LogP contribution in [0.25, 0.3) is 0 Å². The van der Waals surface area contributed by atoms with Gasteiger partial charge in [-0.3, -0.25) is 47.9 Å². The van der Waals surface area contributed by atoms with Crippen molar-refractivity contribution in [3.8, 4) is 0 Å². The molecule has 0 unspecified atom stereocenters. The molecule has 24 heteroatoms. The van der Waals surface area contributed by atoms with Crippen molar-refractivity contribution in [1.29, 1.82) is 0 Å². The summed E-state index contributed by atoms with van der Waals surface area (Å²) in [6.07, 6.45) is -2.37. The Morgan fingerprint density at radius 1 is 0.541 bits per heavy atom. The van der Waals surface area contributed by atoms with Gasteiger partial charge in [-0.25, -0.2) is 4.79 Å². The molecule has 0 aromatic heterocycles. The van der Waals surface area contributed by atoms with Crippen LogP contribution in [0.5, 0.6) is 0 Å². The van der Waals surface area contributed by atoms with E-state index in [0.29, 0.717) is 18.4 Å². The molecule has 338 valence electrons. The van der Waals surface area contributed by atoms with E-state index in [1.165, 1.54) is 13.8 Å². The van der Waals surface area contributed by atoms with Crippen LogP contribution in [0.1, 0.15) is 70.8 Å². The molecule has 1 rings (SSSR count). The van der Waals surface area contributed by atoms with Crippen LogP contribution < -0.4 is 60.2 Å². The summed E-state index contributed by atoms with van der Waals surface area (Å²) in [5.74, 6) is -11.5. The molecule has 1 aromatic carbocycles. The summed E-state index contributed by atoms with van der Waals surface area (Å²) in [4.78, 5) is 139. The van der Waals surface area contributed by atoms with Gasteiger partial charge in [-0.2, -0.15) is 0 Å². The van der Waals surface area contributed by atoms with Crippen molar-refractivity contribution in [1.82, 2.24) is 37.2 Å². The number of carboxylic acids is 2. The third-order valence-corrected chi connectivity index (χ3v) is 8.82. The van der Waals surface area contributed by atoms with Gasteiger partial charge in [0.2, 0.25) is 53.2 Å². The van der Waals surface area contributed by atoms with Gasteiger partial charge in [0.25, 0.3) is 0 Å². The topological polar surface area (TPSA) is 417 Å². The van der Waals surface area contributed by atoms with E-state index in [-0.39, 0.29) is 19.4 Å². The van der Waals surface area contributed by atoms with Gasteiger partial charge in [0.15, 0.2) is 0 Å². The molecule has 0 aliphatic rings. The van der Waals surface area contributed by atoms with E-state index >= 15 is 0 Å².